The van der Waals surface area contributed by atoms with E-state index >= 15 is 0 Å². The van der Waals surface area contributed by atoms with Crippen LogP contribution in [-0.2, 0) is 0 Å². The molecule has 0 saturated heterocycles. The first kappa shape index (κ1) is 12.4. The van der Waals surface area contributed by atoms with Crippen LogP contribution in [0.1, 0.15) is 18.6 Å². The summed E-state index contributed by atoms with van der Waals surface area (Å²) < 4.78 is 0. The number of rotatable bonds is 3. The van der Waals surface area contributed by atoms with Gasteiger partial charge in [-0.2, -0.15) is 0 Å². The summed E-state index contributed by atoms with van der Waals surface area (Å²) in [5, 5.41) is 11.6. The maximum Gasteiger partial charge on any atom is 0.121 e. The third-order valence-corrected chi connectivity index (χ3v) is 3.54. The topological polar surface area (TPSA) is 46.0 Å². The van der Waals surface area contributed by atoms with Gasteiger partial charge in [0.15, 0.2) is 0 Å². The molecule has 0 bridgehead atoms. The summed E-state index contributed by atoms with van der Waals surface area (Å²) in [7, 11) is 0. The van der Waals surface area contributed by atoms with E-state index in [2.05, 4.69) is 9.97 Å². The van der Waals surface area contributed by atoms with E-state index in [-0.39, 0.29) is 0 Å². The predicted octanol–water partition coefficient (Wildman–Crippen LogP) is 3.33. The first-order valence-electron chi connectivity index (χ1n) is 5.09. The molecule has 0 aliphatic rings. The molecule has 2 aromatic rings. The molecule has 88 valence electrons. The molecule has 2 rings (SSSR count). The average Bonchev–Trinajstić information content (AvgIpc) is 2.32. The van der Waals surface area contributed by atoms with Crippen molar-refractivity contribution in [2.24, 2.45) is 0 Å². The smallest absolute Gasteiger partial charge is 0.121 e. The highest BCUT2D eigenvalue weighted by molar-refractivity contribution is 7.99. The van der Waals surface area contributed by atoms with Gasteiger partial charge in [0.05, 0.1) is 11.1 Å². The summed E-state index contributed by atoms with van der Waals surface area (Å²) >= 11 is 7.40. The van der Waals surface area contributed by atoms with Crippen LogP contribution < -0.4 is 0 Å². The van der Waals surface area contributed by atoms with Gasteiger partial charge in [0.2, 0.25) is 0 Å². The molecule has 2 aromatic heterocycles. The molecule has 17 heavy (non-hydrogen) atoms. The molecule has 2 heterocycles. The van der Waals surface area contributed by atoms with Crippen LogP contribution in [0.2, 0.25) is 5.02 Å². The Morgan fingerprint density at radius 3 is 2.82 bits per heavy atom. The predicted molar refractivity (Wildman–Crippen MR) is 68.2 cm³/mol. The van der Waals surface area contributed by atoms with Crippen molar-refractivity contribution in [2.45, 2.75) is 23.1 Å². The summed E-state index contributed by atoms with van der Waals surface area (Å²) in [5.74, 6) is 0. The number of aliphatic hydroxyl groups is 1. The molecule has 0 aliphatic heterocycles. The second-order valence-electron chi connectivity index (χ2n) is 3.50. The first-order valence-corrected chi connectivity index (χ1v) is 6.28. The highest BCUT2D eigenvalue weighted by Crippen LogP contribution is 2.30. The second kappa shape index (κ2) is 5.49. The lowest BCUT2D eigenvalue weighted by atomic mass is 10.2. The van der Waals surface area contributed by atoms with E-state index in [4.69, 9.17) is 11.6 Å². The molecular formula is C12H11ClN2OS. The summed E-state index contributed by atoms with van der Waals surface area (Å²) in [6, 6.07) is 7.19. The van der Waals surface area contributed by atoms with E-state index in [1.807, 2.05) is 6.07 Å². The Morgan fingerprint density at radius 2 is 2.12 bits per heavy atom. The number of nitrogens with zero attached hydrogens (tertiary/aromatic N) is 2. The van der Waals surface area contributed by atoms with Crippen molar-refractivity contribution in [3.63, 3.8) is 0 Å². The van der Waals surface area contributed by atoms with Gasteiger partial charge in [-0.15, -0.1) is 0 Å². The fourth-order valence-corrected chi connectivity index (χ4v) is 2.31. The Kier molecular flexibility index (Phi) is 3.99. The SMILES string of the molecule is CC(O)c1ccnc(Sc2ncccc2Cl)c1. The number of hydrogen-bond donors (Lipinski definition) is 1. The van der Waals surface area contributed by atoms with E-state index in [1.165, 1.54) is 11.8 Å². The molecule has 0 fully saturated rings. The number of aliphatic hydroxyl groups excluding tert-OH is 1. The Balaban J connectivity index is 2.25. The summed E-state index contributed by atoms with van der Waals surface area (Å²) in [4.78, 5) is 8.39. The van der Waals surface area contributed by atoms with Gasteiger partial charge in [0.25, 0.3) is 0 Å². The van der Waals surface area contributed by atoms with Gasteiger partial charge in [-0.1, -0.05) is 11.6 Å². The standard InChI is InChI=1S/C12H11ClN2OS/c1-8(16)9-4-6-14-11(7-9)17-12-10(13)3-2-5-15-12/h2-8,16H,1H3. The van der Waals surface area contributed by atoms with Crippen LogP contribution in [0.4, 0.5) is 0 Å². The highest BCUT2D eigenvalue weighted by Gasteiger charge is 2.07. The van der Waals surface area contributed by atoms with Crippen molar-refractivity contribution in [1.82, 2.24) is 9.97 Å². The lowest BCUT2D eigenvalue weighted by molar-refractivity contribution is 0.199. The molecule has 1 N–H and O–H groups in total. The van der Waals surface area contributed by atoms with E-state index in [9.17, 15) is 5.11 Å². The zero-order valence-corrected chi connectivity index (χ0v) is 10.7. The van der Waals surface area contributed by atoms with Gasteiger partial charge < -0.3 is 5.11 Å². The minimum atomic E-state index is -0.503. The van der Waals surface area contributed by atoms with Gasteiger partial charge >= 0.3 is 0 Å². The van der Waals surface area contributed by atoms with Gasteiger partial charge in [-0.3, -0.25) is 0 Å². The Hall–Kier alpha value is -1.10. The fourth-order valence-electron chi connectivity index (χ4n) is 1.29. The van der Waals surface area contributed by atoms with Crippen LogP contribution in [0.25, 0.3) is 0 Å². The van der Waals surface area contributed by atoms with Crippen molar-refractivity contribution in [3.05, 3.63) is 47.2 Å². The van der Waals surface area contributed by atoms with Crippen LogP contribution in [0.3, 0.4) is 0 Å². The number of pyridine rings is 2. The largest absolute Gasteiger partial charge is 0.389 e. The van der Waals surface area contributed by atoms with Crippen LogP contribution >= 0.6 is 23.4 Å². The molecule has 1 atom stereocenters. The summed E-state index contributed by atoms with van der Waals surface area (Å²) in [6.45, 7) is 1.72. The maximum absolute atomic E-state index is 9.49. The Morgan fingerprint density at radius 1 is 1.29 bits per heavy atom. The van der Waals surface area contributed by atoms with Crippen LogP contribution in [0, 0.1) is 0 Å². The quantitative estimate of drug-likeness (QED) is 0.926. The van der Waals surface area contributed by atoms with E-state index in [0.717, 1.165) is 10.6 Å². The average molecular weight is 267 g/mol. The summed E-state index contributed by atoms with van der Waals surface area (Å²) in [6.07, 6.45) is 2.85. The molecule has 0 spiro atoms. The maximum atomic E-state index is 9.49. The van der Waals surface area contributed by atoms with Crippen LogP contribution in [-0.4, -0.2) is 15.1 Å². The molecule has 0 saturated carbocycles. The van der Waals surface area contributed by atoms with Gasteiger partial charge in [-0.25, -0.2) is 9.97 Å². The Labute approximate surface area is 109 Å². The molecule has 0 aromatic carbocycles. The Bertz CT molecular complexity index is 519. The fraction of sp³-hybridized carbons (Fsp3) is 0.167. The third kappa shape index (κ3) is 3.19. The summed E-state index contributed by atoms with van der Waals surface area (Å²) in [5.41, 5.74) is 0.828. The van der Waals surface area contributed by atoms with Crippen molar-refractivity contribution < 1.29 is 5.11 Å². The van der Waals surface area contributed by atoms with Crippen molar-refractivity contribution in [2.75, 3.05) is 0 Å². The van der Waals surface area contributed by atoms with Crippen molar-refractivity contribution in [1.29, 1.82) is 0 Å². The minimum absolute atomic E-state index is 0.503. The van der Waals surface area contributed by atoms with E-state index < -0.39 is 6.10 Å². The number of halogens is 1. The lowest BCUT2D eigenvalue weighted by Gasteiger charge is -2.06. The zero-order chi connectivity index (χ0) is 12.3. The first-order chi connectivity index (χ1) is 8.16. The zero-order valence-electron chi connectivity index (χ0n) is 9.17. The number of hydrogen-bond acceptors (Lipinski definition) is 4. The molecule has 0 radical (unpaired) electrons. The highest BCUT2D eigenvalue weighted by atomic mass is 35.5. The third-order valence-electron chi connectivity index (χ3n) is 2.17. The van der Waals surface area contributed by atoms with E-state index in [0.29, 0.717) is 10.0 Å². The van der Waals surface area contributed by atoms with Gasteiger partial charge in [0, 0.05) is 12.4 Å². The monoisotopic (exact) mass is 266 g/mol. The minimum Gasteiger partial charge on any atom is -0.389 e. The van der Waals surface area contributed by atoms with E-state index in [1.54, 1.807) is 37.5 Å². The molecule has 5 heteroatoms. The molecule has 1 unspecified atom stereocenters. The molecule has 0 amide bonds. The van der Waals surface area contributed by atoms with Crippen LogP contribution in [0.15, 0.2) is 46.7 Å². The normalized spacial score (nSPS) is 12.4. The molecule has 3 nitrogen and oxygen atoms in total. The lowest BCUT2D eigenvalue weighted by Crippen LogP contribution is -1.92. The molecule has 0 aliphatic carbocycles. The number of aromatic nitrogens is 2. The van der Waals surface area contributed by atoms with Crippen molar-refractivity contribution >= 4 is 23.4 Å². The van der Waals surface area contributed by atoms with Crippen LogP contribution in [0.5, 0.6) is 0 Å². The molecular weight excluding hydrogens is 256 g/mol. The second-order valence-corrected chi connectivity index (χ2v) is 4.91. The van der Waals surface area contributed by atoms with Crippen molar-refractivity contribution in [3.8, 4) is 0 Å². The van der Waals surface area contributed by atoms with Gasteiger partial charge in [-0.05, 0) is 48.5 Å². The van der Waals surface area contributed by atoms with Gasteiger partial charge in [0.1, 0.15) is 10.1 Å².